The number of hydrogen-bond acceptors (Lipinski definition) is 4. The molecule has 6 nitrogen and oxygen atoms in total. The van der Waals surface area contributed by atoms with E-state index in [1.54, 1.807) is 0 Å². The maximum atomic E-state index is 9.10. The molecule has 1 aliphatic heterocycles. The topological polar surface area (TPSA) is 81.1 Å². The Morgan fingerprint density at radius 2 is 1.43 bits per heavy atom. The van der Waals surface area contributed by atoms with Gasteiger partial charge >= 0.3 is 11.9 Å². The molecule has 2 aromatic carbocycles. The minimum absolute atomic E-state index is 1.07. The van der Waals surface area contributed by atoms with Crippen molar-refractivity contribution in [3.8, 4) is 0 Å². The summed E-state index contributed by atoms with van der Waals surface area (Å²) in [6, 6.07) is 15.6. The van der Waals surface area contributed by atoms with Gasteiger partial charge in [-0.25, -0.2) is 9.59 Å². The van der Waals surface area contributed by atoms with Crippen molar-refractivity contribution in [1.29, 1.82) is 0 Å². The second kappa shape index (κ2) is 9.90. The van der Waals surface area contributed by atoms with Crippen LogP contribution in [0.15, 0.2) is 42.5 Å². The van der Waals surface area contributed by atoms with Crippen molar-refractivity contribution in [2.45, 2.75) is 27.3 Å². The minimum atomic E-state index is -1.82. The number of hydrogen-bond donors (Lipinski definition) is 2. The second-order valence-corrected chi connectivity index (χ2v) is 7.08. The summed E-state index contributed by atoms with van der Waals surface area (Å²) in [5.74, 6) is -3.65. The van der Waals surface area contributed by atoms with Crippen molar-refractivity contribution in [2.24, 2.45) is 0 Å². The average molecular weight is 384 g/mol. The van der Waals surface area contributed by atoms with Crippen LogP contribution in [0.4, 0.5) is 5.69 Å². The van der Waals surface area contributed by atoms with Crippen molar-refractivity contribution in [3.63, 3.8) is 0 Å². The van der Waals surface area contributed by atoms with Gasteiger partial charge in [0.25, 0.3) is 0 Å². The lowest BCUT2D eigenvalue weighted by molar-refractivity contribution is -0.159. The van der Waals surface area contributed by atoms with E-state index in [1.165, 1.54) is 27.9 Å². The Morgan fingerprint density at radius 3 is 1.96 bits per heavy atom. The van der Waals surface area contributed by atoms with Crippen LogP contribution in [-0.2, 0) is 16.1 Å². The highest BCUT2D eigenvalue weighted by molar-refractivity contribution is 6.27. The molecule has 150 valence electrons. The molecule has 1 saturated heterocycles. The fraction of sp³-hybridized carbons (Fsp3) is 0.364. The number of aliphatic carboxylic acids is 2. The highest BCUT2D eigenvalue weighted by atomic mass is 16.4. The van der Waals surface area contributed by atoms with Crippen LogP contribution >= 0.6 is 0 Å². The first kappa shape index (κ1) is 21.4. The summed E-state index contributed by atoms with van der Waals surface area (Å²) in [6.07, 6.45) is 0. The fourth-order valence-electron chi connectivity index (χ4n) is 3.18. The van der Waals surface area contributed by atoms with Gasteiger partial charge in [-0.15, -0.1) is 0 Å². The fourth-order valence-corrected chi connectivity index (χ4v) is 3.18. The molecule has 0 radical (unpaired) electrons. The SMILES string of the molecule is Cc1ccc(CN2CCN(c3cccc(C)c3C)CC2)cc1.O=C(O)C(=O)O. The predicted molar refractivity (Wildman–Crippen MR) is 110 cm³/mol. The lowest BCUT2D eigenvalue weighted by atomic mass is 10.1. The summed E-state index contributed by atoms with van der Waals surface area (Å²) >= 11 is 0. The summed E-state index contributed by atoms with van der Waals surface area (Å²) in [4.78, 5) is 23.3. The lowest BCUT2D eigenvalue weighted by Crippen LogP contribution is -2.46. The molecule has 0 atom stereocenters. The Balaban J connectivity index is 0.000000409. The number of anilines is 1. The van der Waals surface area contributed by atoms with E-state index in [0.29, 0.717) is 0 Å². The minimum Gasteiger partial charge on any atom is -0.473 e. The highest BCUT2D eigenvalue weighted by Crippen LogP contribution is 2.24. The molecule has 0 spiro atoms. The number of aryl methyl sites for hydroxylation is 2. The van der Waals surface area contributed by atoms with Crippen LogP contribution in [0, 0.1) is 20.8 Å². The number of nitrogens with zero attached hydrogens (tertiary/aromatic N) is 2. The monoisotopic (exact) mass is 384 g/mol. The zero-order valence-corrected chi connectivity index (χ0v) is 16.7. The summed E-state index contributed by atoms with van der Waals surface area (Å²) < 4.78 is 0. The van der Waals surface area contributed by atoms with Crippen LogP contribution in [0.5, 0.6) is 0 Å². The molecule has 2 aromatic rings. The summed E-state index contributed by atoms with van der Waals surface area (Å²) in [5.41, 5.74) is 6.98. The van der Waals surface area contributed by atoms with E-state index in [-0.39, 0.29) is 0 Å². The first-order valence-electron chi connectivity index (χ1n) is 9.33. The summed E-state index contributed by atoms with van der Waals surface area (Å²) in [7, 11) is 0. The van der Waals surface area contributed by atoms with Crippen molar-refractivity contribution < 1.29 is 19.8 Å². The zero-order valence-electron chi connectivity index (χ0n) is 16.7. The standard InChI is InChI=1S/C20H26N2.C2H2O4/c1-16-7-9-19(10-8-16)15-21-11-13-22(14-12-21)20-6-4-5-17(2)18(20)3;3-1(4)2(5)6/h4-10H,11-15H2,1-3H3;(H,3,4)(H,5,6). The second-order valence-electron chi connectivity index (χ2n) is 7.08. The molecule has 28 heavy (non-hydrogen) atoms. The Morgan fingerprint density at radius 1 is 0.857 bits per heavy atom. The third-order valence-electron chi connectivity index (χ3n) is 5.00. The Labute approximate surface area is 166 Å². The van der Waals surface area contributed by atoms with Gasteiger partial charge in [-0.05, 0) is 43.5 Å². The summed E-state index contributed by atoms with van der Waals surface area (Å²) in [5, 5.41) is 14.8. The molecule has 0 saturated carbocycles. The van der Waals surface area contributed by atoms with Crippen molar-refractivity contribution in [2.75, 3.05) is 31.1 Å². The smallest absolute Gasteiger partial charge is 0.414 e. The highest BCUT2D eigenvalue weighted by Gasteiger charge is 2.18. The van der Waals surface area contributed by atoms with Crippen LogP contribution in [0.2, 0.25) is 0 Å². The lowest BCUT2D eigenvalue weighted by Gasteiger charge is -2.37. The molecular formula is C22H28N2O4. The number of piperazine rings is 1. The first-order chi connectivity index (χ1) is 13.3. The molecular weight excluding hydrogens is 356 g/mol. The molecule has 1 aliphatic rings. The molecule has 0 amide bonds. The van der Waals surface area contributed by atoms with E-state index in [2.05, 4.69) is 73.0 Å². The van der Waals surface area contributed by atoms with E-state index in [1.807, 2.05) is 0 Å². The van der Waals surface area contributed by atoms with Gasteiger partial charge in [0.2, 0.25) is 0 Å². The molecule has 1 heterocycles. The van der Waals surface area contributed by atoms with E-state index in [0.717, 1.165) is 32.7 Å². The molecule has 0 aromatic heterocycles. The predicted octanol–water partition coefficient (Wildman–Crippen LogP) is 3.09. The maximum Gasteiger partial charge on any atom is 0.414 e. The average Bonchev–Trinajstić information content (AvgIpc) is 2.67. The van der Waals surface area contributed by atoms with E-state index >= 15 is 0 Å². The van der Waals surface area contributed by atoms with Gasteiger partial charge in [-0.3, -0.25) is 4.90 Å². The number of carboxylic acid groups (broad SMARTS) is 2. The van der Waals surface area contributed by atoms with Gasteiger partial charge < -0.3 is 15.1 Å². The maximum absolute atomic E-state index is 9.10. The largest absolute Gasteiger partial charge is 0.473 e. The quantitative estimate of drug-likeness (QED) is 0.792. The van der Waals surface area contributed by atoms with Gasteiger partial charge in [0.05, 0.1) is 0 Å². The van der Waals surface area contributed by atoms with E-state index in [4.69, 9.17) is 19.8 Å². The molecule has 6 heteroatoms. The molecule has 0 aliphatic carbocycles. The third kappa shape index (κ3) is 6.09. The van der Waals surface area contributed by atoms with Gasteiger partial charge in [-0.1, -0.05) is 42.0 Å². The van der Waals surface area contributed by atoms with Gasteiger partial charge in [-0.2, -0.15) is 0 Å². The van der Waals surface area contributed by atoms with Crippen molar-refractivity contribution >= 4 is 17.6 Å². The van der Waals surface area contributed by atoms with Crippen molar-refractivity contribution in [1.82, 2.24) is 4.90 Å². The third-order valence-corrected chi connectivity index (χ3v) is 5.00. The summed E-state index contributed by atoms with van der Waals surface area (Å²) in [6.45, 7) is 12.2. The normalized spacial score (nSPS) is 14.2. The number of benzene rings is 2. The molecule has 1 fully saturated rings. The van der Waals surface area contributed by atoms with E-state index in [9.17, 15) is 0 Å². The Bertz CT molecular complexity index is 798. The molecule has 0 unspecified atom stereocenters. The van der Waals surface area contributed by atoms with Crippen LogP contribution in [-0.4, -0.2) is 53.2 Å². The van der Waals surface area contributed by atoms with Gasteiger partial charge in [0.15, 0.2) is 0 Å². The van der Waals surface area contributed by atoms with Crippen LogP contribution in [0.3, 0.4) is 0 Å². The van der Waals surface area contributed by atoms with Gasteiger partial charge in [0, 0.05) is 38.4 Å². The van der Waals surface area contributed by atoms with Crippen LogP contribution < -0.4 is 4.90 Å². The Hall–Kier alpha value is -2.86. The first-order valence-corrected chi connectivity index (χ1v) is 9.33. The molecule has 2 N–H and O–H groups in total. The van der Waals surface area contributed by atoms with Crippen molar-refractivity contribution in [3.05, 3.63) is 64.7 Å². The molecule has 0 bridgehead atoms. The number of carboxylic acids is 2. The van der Waals surface area contributed by atoms with Gasteiger partial charge in [0.1, 0.15) is 0 Å². The zero-order chi connectivity index (χ0) is 20.7. The number of rotatable bonds is 3. The van der Waals surface area contributed by atoms with Crippen LogP contribution in [0.1, 0.15) is 22.3 Å². The molecule has 3 rings (SSSR count). The van der Waals surface area contributed by atoms with E-state index < -0.39 is 11.9 Å². The Kier molecular flexibility index (Phi) is 7.58. The van der Waals surface area contributed by atoms with Crippen LogP contribution in [0.25, 0.3) is 0 Å². The number of carbonyl (C=O) groups is 2.